The summed E-state index contributed by atoms with van der Waals surface area (Å²) >= 11 is 5.89. The van der Waals surface area contributed by atoms with Gasteiger partial charge in [0.2, 0.25) is 0 Å². The quantitative estimate of drug-likeness (QED) is 0.780. The van der Waals surface area contributed by atoms with Crippen molar-refractivity contribution < 1.29 is 9.18 Å². The average molecular weight is 358 g/mol. The van der Waals surface area contributed by atoms with E-state index in [4.69, 9.17) is 11.6 Å². The van der Waals surface area contributed by atoms with Gasteiger partial charge in [-0.2, -0.15) is 5.10 Å². The molecule has 0 bridgehead atoms. The molecule has 0 aliphatic carbocycles. The van der Waals surface area contributed by atoms with Crippen LogP contribution in [0.1, 0.15) is 10.4 Å². The van der Waals surface area contributed by atoms with Gasteiger partial charge in [0.25, 0.3) is 11.5 Å². The van der Waals surface area contributed by atoms with E-state index in [1.807, 2.05) is 0 Å². The summed E-state index contributed by atoms with van der Waals surface area (Å²) in [6.45, 7) is 0. The number of carbonyl (C=O) groups excluding carboxylic acids is 1. The Morgan fingerprint density at radius 1 is 1.12 bits per heavy atom. The summed E-state index contributed by atoms with van der Waals surface area (Å²) < 4.78 is 15.0. The van der Waals surface area contributed by atoms with E-state index in [9.17, 15) is 14.0 Å². The predicted molar refractivity (Wildman–Crippen MR) is 94.3 cm³/mol. The van der Waals surface area contributed by atoms with Gasteiger partial charge in [0.05, 0.1) is 16.3 Å². The number of nitrogens with one attached hydrogen (secondary N) is 1. The molecule has 0 unspecified atom stereocenters. The highest BCUT2D eigenvalue weighted by atomic mass is 35.5. The van der Waals surface area contributed by atoms with Crippen LogP contribution in [0.2, 0.25) is 5.02 Å². The Morgan fingerprint density at radius 3 is 2.48 bits per heavy atom. The molecule has 0 aliphatic rings. The van der Waals surface area contributed by atoms with Crippen molar-refractivity contribution in [3.8, 4) is 11.3 Å². The maximum atomic E-state index is 13.8. The van der Waals surface area contributed by atoms with Gasteiger partial charge in [0.1, 0.15) is 5.82 Å². The molecule has 3 rings (SSSR count). The fraction of sp³-hybridized carbons (Fsp3) is 0.0556. The van der Waals surface area contributed by atoms with Crippen molar-refractivity contribution in [1.82, 2.24) is 9.78 Å². The van der Waals surface area contributed by atoms with Gasteiger partial charge in [-0.3, -0.25) is 9.59 Å². The zero-order chi connectivity index (χ0) is 18.0. The molecule has 3 aromatic rings. The molecule has 0 saturated carbocycles. The lowest BCUT2D eigenvalue weighted by atomic mass is 10.1. The minimum absolute atomic E-state index is 0.0449. The number of rotatable bonds is 3. The molecule has 7 heteroatoms. The third-order valence-corrected chi connectivity index (χ3v) is 3.90. The maximum Gasteiger partial charge on any atom is 0.266 e. The number of aryl methyl sites for hydroxylation is 1. The average Bonchev–Trinajstić information content (AvgIpc) is 2.58. The molecule has 0 atom stereocenters. The number of hydrogen-bond acceptors (Lipinski definition) is 3. The van der Waals surface area contributed by atoms with E-state index in [0.29, 0.717) is 11.4 Å². The van der Waals surface area contributed by atoms with Crippen molar-refractivity contribution in [2.24, 2.45) is 7.05 Å². The first-order valence-corrected chi connectivity index (χ1v) is 7.73. The molecule has 1 amide bonds. The number of aromatic nitrogens is 2. The lowest BCUT2D eigenvalue weighted by molar-refractivity contribution is 0.102. The molecule has 126 valence electrons. The fourth-order valence-electron chi connectivity index (χ4n) is 2.29. The summed E-state index contributed by atoms with van der Waals surface area (Å²) in [7, 11) is 1.57. The van der Waals surface area contributed by atoms with E-state index in [1.165, 1.54) is 28.9 Å². The van der Waals surface area contributed by atoms with Crippen LogP contribution in [0.5, 0.6) is 0 Å². The maximum absolute atomic E-state index is 13.8. The number of amides is 1. The highest BCUT2D eigenvalue weighted by Gasteiger charge is 2.15. The topological polar surface area (TPSA) is 64.0 Å². The third kappa shape index (κ3) is 3.59. The van der Waals surface area contributed by atoms with Gasteiger partial charge in [0, 0.05) is 24.4 Å². The minimum atomic E-state index is -0.684. The smallest absolute Gasteiger partial charge is 0.266 e. The molecule has 0 spiro atoms. The largest absolute Gasteiger partial charge is 0.322 e. The summed E-state index contributed by atoms with van der Waals surface area (Å²) in [6, 6.07) is 13.9. The van der Waals surface area contributed by atoms with Crippen LogP contribution >= 0.6 is 11.6 Å². The van der Waals surface area contributed by atoms with Crippen molar-refractivity contribution in [3.05, 3.63) is 81.4 Å². The van der Waals surface area contributed by atoms with Gasteiger partial charge in [-0.15, -0.1) is 0 Å². The second-order valence-electron chi connectivity index (χ2n) is 5.31. The summed E-state index contributed by atoms with van der Waals surface area (Å²) in [5.41, 5.74) is 1.48. The van der Waals surface area contributed by atoms with Crippen LogP contribution < -0.4 is 10.9 Å². The highest BCUT2D eigenvalue weighted by Crippen LogP contribution is 2.22. The zero-order valence-corrected chi connectivity index (χ0v) is 13.9. The Morgan fingerprint density at radius 2 is 1.84 bits per heavy atom. The van der Waals surface area contributed by atoms with E-state index < -0.39 is 11.7 Å². The molecule has 1 aromatic heterocycles. The summed E-state index contributed by atoms with van der Waals surface area (Å²) in [5.74, 6) is -1.31. The van der Waals surface area contributed by atoms with Crippen molar-refractivity contribution in [3.63, 3.8) is 0 Å². The lowest BCUT2D eigenvalue weighted by Crippen LogP contribution is -2.18. The third-order valence-electron chi connectivity index (χ3n) is 3.59. The van der Waals surface area contributed by atoms with Crippen LogP contribution in [0.25, 0.3) is 11.3 Å². The van der Waals surface area contributed by atoms with E-state index >= 15 is 0 Å². The van der Waals surface area contributed by atoms with Crippen LogP contribution in [-0.2, 0) is 7.05 Å². The Kier molecular flexibility index (Phi) is 4.63. The fourth-order valence-corrected chi connectivity index (χ4v) is 2.54. The predicted octanol–water partition coefficient (Wildman–Crippen LogP) is 3.49. The normalized spacial score (nSPS) is 10.5. The number of benzene rings is 2. The van der Waals surface area contributed by atoms with Crippen molar-refractivity contribution >= 4 is 23.2 Å². The molecule has 1 N–H and O–H groups in total. The van der Waals surface area contributed by atoms with Gasteiger partial charge in [-0.1, -0.05) is 29.8 Å². The van der Waals surface area contributed by atoms with Gasteiger partial charge < -0.3 is 5.32 Å². The molecule has 2 aromatic carbocycles. The van der Waals surface area contributed by atoms with Crippen LogP contribution in [0.15, 0.2) is 59.4 Å². The van der Waals surface area contributed by atoms with E-state index in [1.54, 1.807) is 37.4 Å². The van der Waals surface area contributed by atoms with Crippen LogP contribution in [0.4, 0.5) is 10.1 Å². The zero-order valence-electron chi connectivity index (χ0n) is 13.2. The number of anilines is 1. The number of hydrogen-bond donors (Lipinski definition) is 1. The first-order chi connectivity index (χ1) is 12.0. The van der Waals surface area contributed by atoms with Crippen LogP contribution in [0.3, 0.4) is 0 Å². The second kappa shape index (κ2) is 6.86. The Balaban J connectivity index is 1.82. The Labute approximate surface area is 147 Å². The summed E-state index contributed by atoms with van der Waals surface area (Å²) in [5, 5.41) is 6.80. The minimum Gasteiger partial charge on any atom is -0.322 e. The molecule has 0 aliphatic heterocycles. The van der Waals surface area contributed by atoms with Crippen LogP contribution in [0, 0.1) is 5.82 Å². The highest BCUT2D eigenvalue weighted by molar-refractivity contribution is 6.34. The molecular weight excluding hydrogens is 345 g/mol. The lowest BCUT2D eigenvalue weighted by Gasteiger charge is -2.09. The van der Waals surface area contributed by atoms with E-state index in [2.05, 4.69) is 10.4 Å². The Hall–Kier alpha value is -2.99. The molecule has 0 radical (unpaired) electrons. The van der Waals surface area contributed by atoms with Gasteiger partial charge in [-0.25, -0.2) is 9.07 Å². The molecule has 25 heavy (non-hydrogen) atoms. The van der Waals surface area contributed by atoms with Crippen molar-refractivity contribution in [2.45, 2.75) is 0 Å². The SMILES string of the molecule is Cn1nc(-c2ccc(NC(=O)c3c(F)cccc3Cl)cc2)ccc1=O. The van der Waals surface area contributed by atoms with E-state index in [0.717, 1.165) is 5.56 Å². The Bertz CT molecular complexity index is 980. The monoisotopic (exact) mass is 357 g/mol. The van der Waals surface area contributed by atoms with Crippen molar-refractivity contribution in [1.29, 1.82) is 0 Å². The number of carbonyl (C=O) groups is 1. The molecule has 5 nitrogen and oxygen atoms in total. The van der Waals surface area contributed by atoms with E-state index in [-0.39, 0.29) is 16.1 Å². The molecular formula is C18H13ClFN3O2. The number of nitrogens with zero attached hydrogens (tertiary/aromatic N) is 2. The van der Waals surface area contributed by atoms with Gasteiger partial charge in [0.15, 0.2) is 0 Å². The summed E-state index contributed by atoms with van der Waals surface area (Å²) in [6.07, 6.45) is 0. The standard InChI is InChI=1S/C18H13ClFN3O2/c1-23-16(24)10-9-15(22-23)11-5-7-12(8-6-11)21-18(25)17-13(19)3-2-4-14(17)20/h2-10H,1H3,(H,21,25). The van der Waals surface area contributed by atoms with Gasteiger partial charge in [-0.05, 0) is 30.3 Å². The van der Waals surface area contributed by atoms with Crippen LogP contribution in [-0.4, -0.2) is 15.7 Å². The molecule has 0 fully saturated rings. The number of halogens is 2. The first kappa shape index (κ1) is 16.9. The summed E-state index contributed by atoms with van der Waals surface area (Å²) in [4.78, 5) is 23.6. The van der Waals surface area contributed by atoms with Gasteiger partial charge >= 0.3 is 0 Å². The molecule has 1 heterocycles. The first-order valence-electron chi connectivity index (χ1n) is 7.36. The second-order valence-corrected chi connectivity index (χ2v) is 5.72. The van der Waals surface area contributed by atoms with Crippen molar-refractivity contribution in [2.75, 3.05) is 5.32 Å². The molecule has 0 saturated heterocycles.